The Bertz CT molecular complexity index is 522. The molecular formula is C8H4ClIN2OS. The molecule has 0 radical (unpaired) electrons. The van der Waals surface area contributed by atoms with Crippen molar-refractivity contribution in [3.63, 3.8) is 0 Å². The molecule has 72 valence electrons. The molecule has 14 heavy (non-hydrogen) atoms. The molecule has 1 N–H and O–H groups in total. The topological polar surface area (TPSA) is 45.8 Å². The highest BCUT2D eigenvalue weighted by Crippen LogP contribution is 2.26. The molecule has 2 aromatic heterocycles. The van der Waals surface area contributed by atoms with Gasteiger partial charge in [0.15, 0.2) is 0 Å². The zero-order chi connectivity index (χ0) is 10.1. The van der Waals surface area contributed by atoms with E-state index >= 15 is 0 Å². The van der Waals surface area contributed by atoms with Gasteiger partial charge in [0.1, 0.15) is 5.82 Å². The zero-order valence-electron chi connectivity index (χ0n) is 6.75. The van der Waals surface area contributed by atoms with Crippen molar-refractivity contribution in [3.05, 3.63) is 36.6 Å². The molecule has 2 aromatic rings. The number of thiophene rings is 1. The van der Waals surface area contributed by atoms with Crippen LogP contribution in [-0.2, 0) is 0 Å². The van der Waals surface area contributed by atoms with Crippen LogP contribution in [0.15, 0.2) is 22.4 Å². The van der Waals surface area contributed by atoms with Crippen LogP contribution in [0.2, 0.25) is 5.02 Å². The van der Waals surface area contributed by atoms with Gasteiger partial charge >= 0.3 is 0 Å². The first-order chi connectivity index (χ1) is 6.66. The number of aromatic amines is 1. The largest absolute Gasteiger partial charge is 0.305 e. The lowest BCUT2D eigenvalue weighted by molar-refractivity contribution is 1.11. The Morgan fingerprint density at radius 3 is 2.93 bits per heavy atom. The molecule has 0 spiro atoms. The Hall–Kier alpha value is -0.400. The number of hydrogen-bond acceptors (Lipinski definition) is 3. The van der Waals surface area contributed by atoms with Crippen LogP contribution in [-0.4, -0.2) is 9.97 Å². The van der Waals surface area contributed by atoms with Crippen LogP contribution >= 0.6 is 45.5 Å². The molecule has 2 rings (SSSR count). The van der Waals surface area contributed by atoms with Crippen molar-refractivity contribution in [1.29, 1.82) is 0 Å². The van der Waals surface area contributed by atoms with E-state index in [1.807, 2.05) is 22.6 Å². The average molecular weight is 339 g/mol. The number of halogens is 2. The summed E-state index contributed by atoms with van der Waals surface area (Å²) in [5, 5.41) is 2.46. The summed E-state index contributed by atoms with van der Waals surface area (Å²) >= 11 is 9.16. The minimum atomic E-state index is -0.125. The van der Waals surface area contributed by atoms with Gasteiger partial charge in [-0.15, -0.1) is 11.3 Å². The molecule has 2 heterocycles. The number of aromatic nitrogens is 2. The molecule has 6 heteroatoms. The summed E-state index contributed by atoms with van der Waals surface area (Å²) in [6.45, 7) is 0. The molecule has 3 nitrogen and oxygen atoms in total. The van der Waals surface area contributed by atoms with Gasteiger partial charge in [0.25, 0.3) is 5.56 Å². The molecule has 0 aromatic carbocycles. The third-order valence-electron chi connectivity index (χ3n) is 1.56. The van der Waals surface area contributed by atoms with Crippen molar-refractivity contribution in [2.24, 2.45) is 0 Å². The fourth-order valence-electron chi connectivity index (χ4n) is 0.942. The summed E-state index contributed by atoms with van der Waals surface area (Å²) in [6.07, 6.45) is 1.54. The second-order valence-corrected chi connectivity index (χ2v) is 5.05. The molecule has 0 amide bonds. The van der Waals surface area contributed by atoms with E-state index < -0.39 is 0 Å². The van der Waals surface area contributed by atoms with Crippen LogP contribution in [0.3, 0.4) is 0 Å². The van der Waals surface area contributed by atoms with Crippen LogP contribution < -0.4 is 5.56 Å². The SMILES string of the molecule is O=c1[nH]c(-c2cc(Cl)cs2)ncc1I. The average Bonchev–Trinajstić information content (AvgIpc) is 2.57. The smallest absolute Gasteiger partial charge is 0.264 e. The van der Waals surface area contributed by atoms with Crippen molar-refractivity contribution in [2.75, 3.05) is 0 Å². The highest BCUT2D eigenvalue weighted by molar-refractivity contribution is 14.1. The Morgan fingerprint density at radius 2 is 2.36 bits per heavy atom. The number of nitrogens with zero attached hydrogens (tertiary/aromatic N) is 1. The molecule has 0 fully saturated rings. The summed E-state index contributed by atoms with van der Waals surface area (Å²) < 4.78 is 0.578. The number of H-pyrrole nitrogens is 1. The Kier molecular flexibility index (Phi) is 2.89. The number of rotatable bonds is 1. The molecule has 0 unspecified atom stereocenters. The summed E-state index contributed by atoms with van der Waals surface area (Å²) in [5.41, 5.74) is -0.125. The Labute approximate surface area is 102 Å². The zero-order valence-corrected chi connectivity index (χ0v) is 10.5. The molecule has 0 saturated carbocycles. The van der Waals surface area contributed by atoms with Crippen LogP contribution in [0, 0.1) is 3.57 Å². The predicted molar refractivity (Wildman–Crippen MR) is 65.9 cm³/mol. The van der Waals surface area contributed by atoms with Crippen molar-refractivity contribution in [1.82, 2.24) is 9.97 Å². The van der Waals surface area contributed by atoms with E-state index in [1.54, 1.807) is 17.6 Å². The molecule has 0 atom stereocenters. The van der Waals surface area contributed by atoms with E-state index in [2.05, 4.69) is 9.97 Å². The van der Waals surface area contributed by atoms with Crippen LogP contribution in [0.25, 0.3) is 10.7 Å². The first-order valence-corrected chi connectivity index (χ1v) is 5.99. The van der Waals surface area contributed by atoms with E-state index in [-0.39, 0.29) is 5.56 Å². The van der Waals surface area contributed by atoms with Gasteiger partial charge in [-0.25, -0.2) is 4.98 Å². The van der Waals surface area contributed by atoms with Crippen molar-refractivity contribution in [2.45, 2.75) is 0 Å². The van der Waals surface area contributed by atoms with Gasteiger partial charge in [-0.2, -0.15) is 0 Å². The van der Waals surface area contributed by atoms with Gasteiger partial charge in [-0.1, -0.05) is 11.6 Å². The summed E-state index contributed by atoms with van der Waals surface area (Å²) in [6, 6.07) is 1.78. The molecule has 0 aliphatic heterocycles. The molecular weight excluding hydrogens is 335 g/mol. The Balaban J connectivity index is 2.53. The van der Waals surface area contributed by atoms with E-state index in [9.17, 15) is 4.79 Å². The van der Waals surface area contributed by atoms with E-state index in [0.717, 1.165) is 4.88 Å². The summed E-state index contributed by atoms with van der Waals surface area (Å²) in [4.78, 5) is 18.9. The maximum atomic E-state index is 11.3. The second-order valence-electron chi connectivity index (χ2n) is 2.54. The molecule has 0 saturated heterocycles. The third-order valence-corrected chi connectivity index (χ3v) is 3.61. The lowest BCUT2D eigenvalue weighted by Crippen LogP contribution is -2.10. The van der Waals surface area contributed by atoms with E-state index in [0.29, 0.717) is 14.4 Å². The summed E-state index contributed by atoms with van der Waals surface area (Å²) in [5.74, 6) is 0.562. The van der Waals surface area contributed by atoms with Gasteiger partial charge in [-0.3, -0.25) is 4.79 Å². The fraction of sp³-hybridized carbons (Fsp3) is 0. The monoisotopic (exact) mass is 338 g/mol. The van der Waals surface area contributed by atoms with Gasteiger partial charge < -0.3 is 4.98 Å². The number of hydrogen-bond donors (Lipinski definition) is 1. The predicted octanol–water partition coefficient (Wildman–Crippen LogP) is 2.76. The standard InChI is InChI=1S/C8H4ClIN2OS/c9-4-1-6(14-3-4)7-11-2-5(10)8(13)12-7/h1-3H,(H,11,12,13). The van der Waals surface area contributed by atoms with Crippen molar-refractivity contribution >= 4 is 45.5 Å². The third kappa shape index (κ3) is 1.99. The molecule has 0 aliphatic carbocycles. The Morgan fingerprint density at radius 1 is 1.57 bits per heavy atom. The van der Waals surface area contributed by atoms with Gasteiger partial charge in [0, 0.05) is 11.6 Å². The molecule has 0 aliphatic rings. The quantitative estimate of drug-likeness (QED) is 0.813. The lowest BCUT2D eigenvalue weighted by Gasteiger charge is -1.95. The second kappa shape index (κ2) is 4.00. The fourth-order valence-corrected chi connectivity index (χ4v) is 2.24. The van der Waals surface area contributed by atoms with Gasteiger partial charge in [0.2, 0.25) is 0 Å². The highest BCUT2D eigenvalue weighted by atomic mass is 127. The normalized spacial score (nSPS) is 10.4. The molecule has 0 bridgehead atoms. The van der Waals surface area contributed by atoms with Crippen molar-refractivity contribution in [3.8, 4) is 10.7 Å². The minimum Gasteiger partial charge on any atom is -0.305 e. The first kappa shape index (κ1) is 10.1. The lowest BCUT2D eigenvalue weighted by atomic mass is 10.4. The maximum absolute atomic E-state index is 11.3. The maximum Gasteiger partial charge on any atom is 0.264 e. The van der Waals surface area contributed by atoms with Gasteiger partial charge in [0.05, 0.1) is 13.5 Å². The van der Waals surface area contributed by atoms with E-state index in [1.165, 1.54) is 11.3 Å². The van der Waals surface area contributed by atoms with Crippen LogP contribution in [0.1, 0.15) is 0 Å². The van der Waals surface area contributed by atoms with Crippen LogP contribution in [0.4, 0.5) is 0 Å². The highest BCUT2D eigenvalue weighted by Gasteiger charge is 2.04. The van der Waals surface area contributed by atoms with Crippen molar-refractivity contribution < 1.29 is 0 Å². The number of nitrogens with one attached hydrogen (secondary N) is 1. The van der Waals surface area contributed by atoms with E-state index in [4.69, 9.17) is 11.6 Å². The minimum absolute atomic E-state index is 0.125. The summed E-state index contributed by atoms with van der Waals surface area (Å²) in [7, 11) is 0. The first-order valence-electron chi connectivity index (χ1n) is 3.66. The van der Waals surface area contributed by atoms with Gasteiger partial charge in [-0.05, 0) is 28.7 Å². The van der Waals surface area contributed by atoms with Crippen LogP contribution in [0.5, 0.6) is 0 Å².